The molecule has 0 bridgehead atoms. The fraction of sp³-hybridized carbons (Fsp3) is 0.143. The maximum absolute atomic E-state index is 12.7. The SMILES string of the molecule is NCc1cc(CCNC(=O)c2ccnc3nc(-c4ccccc4)[nH]c23)ccn1. The molecule has 0 atom stereocenters. The molecule has 0 spiro atoms. The van der Waals surface area contributed by atoms with Crippen LogP contribution in [-0.2, 0) is 13.0 Å². The lowest BCUT2D eigenvalue weighted by molar-refractivity contribution is 0.0955. The first kappa shape index (κ1) is 17.8. The lowest BCUT2D eigenvalue weighted by Gasteiger charge is -2.07. The van der Waals surface area contributed by atoms with Crippen molar-refractivity contribution in [3.8, 4) is 11.4 Å². The van der Waals surface area contributed by atoms with Gasteiger partial charge in [0.15, 0.2) is 5.65 Å². The monoisotopic (exact) mass is 372 g/mol. The normalized spacial score (nSPS) is 10.9. The Bertz CT molecular complexity index is 1110. The quantitative estimate of drug-likeness (QED) is 0.482. The van der Waals surface area contributed by atoms with Gasteiger partial charge < -0.3 is 16.0 Å². The van der Waals surface area contributed by atoms with Gasteiger partial charge >= 0.3 is 0 Å². The third kappa shape index (κ3) is 3.74. The average Bonchev–Trinajstić information content (AvgIpc) is 3.19. The first-order valence-corrected chi connectivity index (χ1v) is 9.07. The largest absolute Gasteiger partial charge is 0.352 e. The molecular weight excluding hydrogens is 352 g/mol. The number of rotatable bonds is 6. The molecule has 1 amide bonds. The lowest BCUT2D eigenvalue weighted by Crippen LogP contribution is -2.26. The summed E-state index contributed by atoms with van der Waals surface area (Å²) >= 11 is 0. The molecular formula is C21H20N6O. The summed E-state index contributed by atoms with van der Waals surface area (Å²) in [5.74, 6) is 0.526. The maximum atomic E-state index is 12.7. The minimum atomic E-state index is -0.163. The highest BCUT2D eigenvalue weighted by Crippen LogP contribution is 2.21. The number of nitrogens with two attached hydrogens (primary N) is 1. The first-order chi connectivity index (χ1) is 13.7. The summed E-state index contributed by atoms with van der Waals surface area (Å²) in [5.41, 5.74) is 10.2. The zero-order valence-electron chi connectivity index (χ0n) is 15.2. The van der Waals surface area contributed by atoms with Gasteiger partial charge in [-0.1, -0.05) is 30.3 Å². The van der Waals surface area contributed by atoms with E-state index >= 15 is 0 Å². The number of amides is 1. The number of hydrogen-bond acceptors (Lipinski definition) is 5. The third-order valence-electron chi connectivity index (χ3n) is 4.47. The maximum Gasteiger partial charge on any atom is 0.253 e. The zero-order valence-corrected chi connectivity index (χ0v) is 15.2. The van der Waals surface area contributed by atoms with Gasteiger partial charge in [-0.2, -0.15) is 0 Å². The summed E-state index contributed by atoms with van der Waals surface area (Å²) in [5, 5.41) is 2.96. The van der Waals surface area contributed by atoms with Crippen LogP contribution in [-0.4, -0.2) is 32.4 Å². The summed E-state index contributed by atoms with van der Waals surface area (Å²) in [7, 11) is 0. The fourth-order valence-electron chi connectivity index (χ4n) is 3.04. The van der Waals surface area contributed by atoms with Gasteiger partial charge in [0.2, 0.25) is 0 Å². The van der Waals surface area contributed by atoms with Crippen molar-refractivity contribution in [3.05, 3.63) is 77.7 Å². The van der Waals surface area contributed by atoms with E-state index in [1.54, 1.807) is 18.5 Å². The van der Waals surface area contributed by atoms with Crippen LogP contribution in [0.25, 0.3) is 22.6 Å². The molecule has 0 radical (unpaired) electrons. The molecule has 4 N–H and O–H groups in total. The number of hydrogen-bond donors (Lipinski definition) is 3. The number of aromatic nitrogens is 4. The number of carbonyl (C=O) groups is 1. The first-order valence-electron chi connectivity index (χ1n) is 9.07. The summed E-state index contributed by atoms with van der Waals surface area (Å²) in [6.07, 6.45) is 4.04. The predicted molar refractivity (Wildman–Crippen MR) is 107 cm³/mol. The molecule has 0 aliphatic heterocycles. The minimum Gasteiger partial charge on any atom is -0.352 e. The van der Waals surface area contributed by atoms with Crippen molar-refractivity contribution in [1.29, 1.82) is 0 Å². The summed E-state index contributed by atoms with van der Waals surface area (Å²) in [6.45, 7) is 0.912. The van der Waals surface area contributed by atoms with Crippen LogP contribution in [0.2, 0.25) is 0 Å². The molecule has 0 unspecified atom stereocenters. The van der Waals surface area contributed by atoms with E-state index in [1.165, 1.54) is 0 Å². The molecule has 3 aromatic heterocycles. The van der Waals surface area contributed by atoms with E-state index < -0.39 is 0 Å². The number of nitrogens with zero attached hydrogens (tertiary/aromatic N) is 3. The molecule has 4 aromatic rings. The van der Waals surface area contributed by atoms with Gasteiger partial charge in [-0.3, -0.25) is 9.78 Å². The van der Waals surface area contributed by atoms with E-state index in [1.807, 2.05) is 42.5 Å². The second-order valence-electron chi connectivity index (χ2n) is 6.37. The fourth-order valence-corrected chi connectivity index (χ4v) is 3.04. The highest BCUT2D eigenvalue weighted by molar-refractivity contribution is 6.04. The van der Waals surface area contributed by atoms with Crippen LogP contribution in [0.1, 0.15) is 21.6 Å². The van der Waals surface area contributed by atoms with E-state index in [2.05, 4.69) is 25.3 Å². The van der Waals surface area contributed by atoms with Crippen molar-refractivity contribution in [2.24, 2.45) is 5.73 Å². The highest BCUT2D eigenvalue weighted by atomic mass is 16.1. The van der Waals surface area contributed by atoms with Gasteiger partial charge in [0.1, 0.15) is 5.82 Å². The van der Waals surface area contributed by atoms with Gasteiger partial charge in [0.05, 0.1) is 16.8 Å². The van der Waals surface area contributed by atoms with Crippen LogP contribution < -0.4 is 11.1 Å². The highest BCUT2D eigenvalue weighted by Gasteiger charge is 2.14. The van der Waals surface area contributed by atoms with Gasteiger partial charge in [-0.25, -0.2) is 9.97 Å². The number of aromatic amines is 1. The Morgan fingerprint density at radius 3 is 2.71 bits per heavy atom. The number of benzene rings is 1. The van der Waals surface area contributed by atoms with Crippen LogP contribution >= 0.6 is 0 Å². The number of nitrogens with one attached hydrogen (secondary N) is 2. The van der Waals surface area contributed by atoms with Crippen LogP contribution in [0, 0.1) is 0 Å². The number of pyridine rings is 2. The molecule has 7 heteroatoms. The standard InChI is InChI=1S/C21H20N6O/c22-13-16-12-14(6-9-23-16)7-10-25-21(28)17-8-11-24-20-18(17)26-19(27-20)15-4-2-1-3-5-15/h1-6,8-9,11-12H,7,10,13,22H2,(H,25,28)(H,24,26,27). The van der Waals surface area contributed by atoms with E-state index in [9.17, 15) is 4.79 Å². The van der Waals surface area contributed by atoms with Crippen molar-refractivity contribution in [1.82, 2.24) is 25.3 Å². The number of carbonyl (C=O) groups excluding carboxylic acids is 1. The van der Waals surface area contributed by atoms with Crippen molar-refractivity contribution < 1.29 is 4.79 Å². The molecule has 0 aliphatic carbocycles. The van der Waals surface area contributed by atoms with Crippen LogP contribution in [0.4, 0.5) is 0 Å². The van der Waals surface area contributed by atoms with Crippen molar-refractivity contribution in [2.45, 2.75) is 13.0 Å². The van der Waals surface area contributed by atoms with E-state index in [0.717, 1.165) is 16.8 Å². The molecule has 0 saturated heterocycles. The average molecular weight is 372 g/mol. The van der Waals surface area contributed by atoms with Gasteiger partial charge in [0.25, 0.3) is 5.91 Å². The Kier molecular flexibility index (Phi) is 5.07. The number of fused-ring (bicyclic) bond motifs is 1. The number of H-pyrrole nitrogens is 1. The van der Waals surface area contributed by atoms with Crippen molar-refractivity contribution in [2.75, 3.05) is 6.54 Å². The van der Waals surface area contributed by atoms with Crippen LogP contribution in [0.3, 0.4) is 0 Å². The zero-order chi connectivity index (χ0) is 19.3. The van der Waals surface area contributed by atoms with Crippen molar-refractivity contribution >= 4 is 17.1 Å². The summed E-state index contributed by atoms with van der Waals surface area (Å²) in [4.78, 5) is 28.9. The number of imidazole rings is 1. The van der Waals surface area contributed by atoms with Crippen LogP contribution in [0.15, 0.2) is 60.9 Å². The Morgan fingerprint density at radius 2 is 1.89 bits per heavy atom. The topological polar surface area (TPSA) is 110 Å². The molecule has 0 aliphatic rings. The van der Waals surface area contributed by atoms with Gasteiger partial charge in [0, 0.05) is 31.0 Å². The molecule has 0 fully saturated rings. The Morgan fingerprint density at radius 1 is 1.07 bits per heavy atom. The molecule has 28 heavy (non-hydrogen) atoms. The Labute approximate surface area is 162 Å². The van der Waals surface area contributed by atoms with E-state index in [4.69, 9.17) is 5.73 Å². The molecule has 4 rings (SSSR count). The summed E-state index contributed by atoms with van der Waals surface area (Å²) < 4.78 is 0. The lowest BCUT2D eigenvalue weighted by atomic mass is 10.1. The smallest absolute Gasteiger partial charge is 0.253 e. The van der Waals surface area contributed by atoms with Crippen molar-refractivity contribution in [3.63, 3.8) is 0 Å². The van der Waals surface area contributed by atoms with Gasteiger partial charge in [-0.05, 0) is 30.2 Å². The summed E-state index contributed by atoms with van der Waals surface area (Å²) in [6, 6.07) is 15.3. The van der Waals surface area contributed by atoms with E-state index in [0.29, 0.717) is 42.1 Å². The minimum absolute atomic E-state index is 0.163. The second kappa shape index (κ2) is 7.98. The third-order valence-corrected chi connectivity index (χ3v) is 4.47. The Balaban J connectivity index is 1.50. The molecule has 140 valence electrons. The van der Waals surface area contributed by atoms with E-state index in [-0.39, 0.29) is 5.91 Å². The molecule has 0 saturated carbocycles. The molecule has 1 aromatic carbocycles. The van der Waals surface area contributed by atoms with Crippen LogP contribution in [0.5, 0.6) is 0 Å². The predicted octanol–water partition coefficient (Wildman–Crippen LogP) is 2.45. The second-order valence-corrected chi connectivity index (χ2v) is 6.37. The van der Waals surface area contributed by atoms with Gasteiger partial charge in [-0.15, -0.1) is 0 Å². The Hall–Kier alpha value is -3.58. The molecule has 7 nitrogen and oxygen atoms in total. The molecule has 3 heterocycles.